The highest BCUT2D eigenvalue weighted by Crippen LogP contribution is 2.21. The van der Waals surface area contributed by atoms with Crippen molar-refractivity contribution in [2.45, 2.75) is 58.5 Å². The van der Waals surface area contributed by atoms with Gasteiger partial charge in [0, 0.05) is 19.9 Å². The second-order valence-corrected chi connectivity index (χ2v) is 5.51. The third kappa shape index (κ3) is 2.86. The van der Waals surface area contributed by atoms with Crippen LogP contribution < -0.4 is 5.32 Å². The average Bonchev–Trinajstić information content (AvgIpc) is 3.05. The van der Waals surface area contributed by atoms with Gasteiger partial charge in [-0.25, -0.2) is 0 Å². The maximum Gasteiger partial charge on any atom is 0.293 e. The summed E-state index contributed by atoms with van der Waals surface area (Å²) in [6, 6.07) is -0.203. The van der Waals surface area contributed by atoms with Crippen LogP contribution in [0.1, 0.15) is 66.8 Å². The van der Waals surface area contributed by atoms with Crippen LogP contribution in [-0.4, -0.2) is 30.8 Å². The van der Waals surface area contributed by atoms with Crippen LogP contribution in [0.4, 0.5) is 0 Å². The van der Waals surface area contributed by atoms with Crippen LogP contribution in [0, 0.1) is 6.92 Å². The number of fused-ring (bicyclic) bond motifs is 1. The molecule has 118 valence electrons. The molecular weight excluding hydrogens is 284 g/mol. The van der Waals surface area contributed by atoms with Crippen molar-refractivity contribution in [3.63, 3.8) is 0 Å². The van der Waals surface area contributed by atoms with Crippen molar-refractivity contribution in [1.82, 2.24) is 30.2 Å². The number of carbonyl (C=O) groups is 1. The molecule has 0 saturated carbocycles. The summed E-state index contributed by atoms with van der Waals surface area (Å²) in [5.74, 6) is 1.89. The molecule has 1 N–H and O–H groups in total. The zero-order valence-electron chi connectivity index (χ0n) is 12.9. The van der Waals surface area contributed by atoms with Gasteiger partial charge in [-0.15, -0.1) is 10.2 Å². The summed E-state index contributed by atoms with van der Waals surface area (Å²) in [5, 5.41) is 15.1. The van der Waals surface area contributed by atoms with Gasteiger partial charge < -0.3 is 14.4 Å². The first-order valence-corrected chi connectivity index (χ1v) is 7.72. The van der Waals surface area contributed by atoms with E-state index in [2.05, 4.69) is 30.2 Å². The van der Waals surface area contributed by atoms with E-state index in [0.717, 1.165) is 43.9 Å². The Hall–Kier alpha value is -2.25. The number of rotatable bonds is 4. The van der Waals surface area contributed by atoms with Crippen molar-refractivity contribution in [2.75, 3.05) is 0 Å². The van der Waals surface area contributed by atoms with Crippen LogP contribution in [0.25, 0.3) is 0 Å². The summed E-state index contributed by atoms with van der Waals surface area (Å²) in [4.78, 5) is 16.2. The van der Waals surface area contributed by atoms with Gasteiger partial charge in [-0.2, -0.15) is 4.98 Å². The van der Waals surface area contributed by atoms with Crippen molar-refractivity contribution in [2.24, 2.45) is 0 Å². The van der Waals surface area contributed by atoms with Crippen molar-refractivity contribution in [3.8, 4) is 0 Å². The van der Waals surface area contributed by atoms with E-state index >= 15 is 0 Å². The molecule has 8 nitrogen and oxygen atoms in total. The molecule has 0 aliphatic carbocycles. The summed E-state index contributed by atoms with van der Waals surface area (Å²) < 4.78 is 6.99. The second-order valence-electron chi connectivity index (χ2n) is 5.51. The molecule has 8 heteroatoms. The summed E-state index contributed by atoms with van der Waals surface area (Å²) in [7, 11) is 0. The van der Waals surface area contributed by atoms with E-state index in [4.69, 9.17) is 4.52 Å². The highest BCUT2D eigenvalue weighted by Gasteiger charge is 2.24. The molecule has 22 heavy (non-hydrogen) atoms. The Balaban J connectivity index is 1.79. The third-order valence-corrected chi connectivity index (χ3v) is 3.89. The first-order chi connectivity index (χ1) is 10.7. The molecule has 0 spiro atoms. The fraction of sp³-hybridized carbons (Fsp3) is 0.643. The first-order valence-electron chi connectivity index (χ1n) is 7.72. The molecule has 3 rings (SSSR count). The lowest BCUT2D eigenvalue weighted by Gasteiger charge is -2.16. The number of carbonyl (C=O) groups excluding carboxylic acids is 1. The van der Waals surface area contributed by atoms with Gasteiger partial charge in [-0.3, -0.25) is 4.79 Å². The van der Waals surface area contributed by atoms with Crippen LogP contribution in [0.15, 0.2) is 4.52 Å². The highest BCUT2D eigenvalue weighted by molar-refractivity contribution is 5.90. The molecule has 1 atom stereocenters. The highest BCUT2D eigenvalue weighted by atomic mass is 16.5. The molecule has 1 aliphatic heterocycles. The fourth-order valence-electron chi connectivity index (χ4n) is 2.73. The van der Waals surface area contributed by atoms with Crippen molar-refractivity contribution in [3.05, 3.63) is 23.4 Å². The molecule has 0 radical (unpaired) electrons. The number of aryl methyl sites for hydroxylation is 2. The number of hydrogen-bond acceptors (Lipinski definition) is 6. The van der Waals surface area contributed by atoms with Crippen LogP contribution in [0.2, 0.25) is 0 Å². The molecule has 1 amide bonds. The number of nitrogens with one attached hydrogen (secondary N) is 1. The molecular formula is C14H20N6O2. The van der Waals surface area contributed by atoms with Gasteiger partial charge in [-0.1, -0.05) is 18.5 Å². The Morgan fingerprint density at radius 2 is 2.23 bits per heavy atom. The largest absolute Gasteiger partial charge is 0.339 e. The molecule has 0 aromatic carbocycles. The quantitative estimate of drug-likeness (QED) is 0.920. The average molecular weight is 304 g/mol. The van der Waals surface area contributed by atoms with E-state index in [-0.39, 0.29) is 17.8 Å². The lowest BCUT2D eigenvalue weighted by atomic mass is 10.2. The lowest BCUT2D eigenvalue weighted by molar-refractivity contribution is 0.0919. The van der Waals surface area contributed by atoms with Gasteiger partial charge in [0.15, 0.2) is 5.82 Å². The van der Waals surface area contributed by atoms with Gasteiger partial charge in [0.25, 0.3) is 11.7 Å². The topological polar surface area (TPSA) is 98.7 Å². The fourth-order valence-corrected chi connectivity index (χ4v) is 2.73. The summed E-state index contributed by atoms with van der Waals surface area (Å²) >= 11 is 0. The van der Waals surface area contributed by atoms with Crippen LogP contribution in [0.3, 0.4) is 0 Å². The maximum absolute atomic E-state index is 12.2. The molecule has 0 saturated heterocycles. The van der Waals surface area contributed by atoms with Crippen molar-refractivity contribution in [1.29, 1.82) is 0 Å². The van der Waals surface area contributed by atoms with Crippen molar-refractivity contribution < 1.29 is 9.32 Å². The Bertz CT molecular complexity index is 662. The smallest absolute Gasteiger partial charge is 0.293 e. The van der Waals surface area contributed by atoms with E-state index in [9.17, 15) is 4.79 Å². The monoisotopic (exact) mass is 304 g/mol. The SMILES string of the molecule is CC[C@@H](NC(=O)c1noc(C)n1)c1nnc2n1CCCCC2. The standard InChI is InChI=1S/C14H20N6O2/c1-3-10(16-14(21)12-15-9(2)22-19-12)13-18-17-11-7-5-4-6-8-20(11)13/h10H,3-8H2,1-2H3,(H,16,21)/t10-/m1/s1. The Labute approximate surface area is 128 Å². The maximum atomic E-state index is 12.2. The number of amides is 1. The minimum Gasteiger partial charge on any atom is -0.339 e. The molecule has 3 heterocycles. The molecule has 2 aromatic heterocycles. The van der Waals surface area contributed by atoms with Gasteiger partial charge in [0.05, 0.1) is 6.04 Å². The van der Waals surface area contributed by atoms with Crippen molar-refractivity contribution >= 4 is 5.91 Å². The molecule has 0 unspecified atom stereocenters. The van der Waals surface area contributed by atoms with Crippen LogP contribution >= 0.6 is 0 Å². The van der Waals surface area contributed by atoms with Crippen LogP contribution in [-0.2, 0) is 13.0 Å². The molecule has 1 aliphatic rings. The molecule has 0 bridgehead atoms. The van der Waals surface area contributed by atoms with Crippen LogP contribution in [0.5, 0.6) is 0 Å². The number of aromatic nitrogens is 5. The van der Waals surface area contributed by atoms with Gasteiger partial charge >= 0.3 is 0 Å². The zero-order chi connectivity index (χ0) is 15.5. The van der Waals surface area contributed by atoms with E-state index in [1.807, 2.05) is 6.92 Å². The third-order valence-electron chi connectivity index (χ3n) is 3.89. The summed E-state index contributed by atoms with van der Waals surface area (Å²) in [6.07, 6.45) is 5.13. The van der Waals surface area contributed by atoms with E-state index in [0.29, 0.717) is 5.89 Å². The predicted molar refractivity (Wildman–Crippen MR) is 77.1 cm³/mol. The number of hydrogen-bond donors (Lipinski definition) is 1. The van der Waals surface area contributed by atoms with E-state index in [1.54, 1.807) is 6.92 Å². The van der Waals surface area contributed by atoms with Gasteiger partial charge in [0.2, 0.25) is 5.89 Å². The van der Waals surface area contributed by atoms with Gasteiger partial charge in [0.1, 0.15) is 5.82 Å². The lowest BCUT2D eigenvalue weighted by Crippen LogP contribution is -2.31. The Morgan fingerprint density at radius 3 is 2.95 bits per heavy atom. The second kappa shape index (κ2) is 6.25. The summed E-state index contributed by atoms with van der Waals surface area (Å²) in [5.41, 5.74) is 0. The Morgan fingerprint density at radius 1 is 1.36 bits per heavy atom. The molecule has 2 aromatic rings. The van der Waals surface area contributed by atoms with E-state index in [1.165, 1.54) is 6.42 Å². The molecule has 0 fully saturated rings. The first kappa shape index (κ1) is 14.7. The van der Waals surface area contributed by atoms with E-state index < -0.39 is 0 Å². The normalized spacial score (nSPS) is 15.9. The zero-order valence-corrected chi connectivity index (χ0v) is 12.9. The van der Waals surface area contributed by atoms with Gasteiger partial charge in [-0.05, 0) is 19.3 Å². The Kier molecular flexibility index (Phi) is 4.17. The minimum atomic E-state index is -0.352. The summed E-state index contributed by atoms with van der Waals surface area (Å²) in [6.45, 7) is 4.57. The minimum absolute atomic E-state index is 0.0477. The number of nitrogens with zero attached hydrogens (tertiary/aromatic N) is 5. The predicted octanol–water partition coefficient (Wildman–Crippen LogP) is 1.58.